The van der Waals surface area contributed by atoms with E-state index in [0.717, 1.165) is 5.56 Å². The van der Waals surface area contributed by atoms with Crippen LogP contribution in [0, 0.1) is 0 Å². The average molecular weight is 359 g/mol. The van der Waals surface area contributed by atoms with E-state index in [4.69, 9.17) is 9.05 Å². The summed E-state index contributed by atoms with van der Waals surface area (Å²) < 4.78 is 38.4. The second-order valence-corrected chi connectivity index (χ2v) is 10.6. The van der Waals surface area contributed by atoms with Crippen molar-refractivity contribution >= 4 is 18.6 Å². The molecule has 0 spiro atoms. The Hall–Kier alpha value is -0.520. The maximum Gasteiger partial charge on any atom is 0.350 e. The van der Waals surface area contributed by atoms with Crippen molar-refractivity contribution in [1.82, 2.24) is 4.31 Å². The molecule has 0 aromatic heterocycles. The van der Waals surface area contributed by atoms with Gasteiger partial charge in [0.25, 0.3) is 0 Å². The molecule has 0 bridgehead atoms. The van der Waals surface area contributed by atoms with Crippen LogP contribution < -0.4 is 0 Å². The van der Waals surface area contributed by atoms with Gasteiger partial charge in [-0.3, -0.25) is 4.57 Å². The highest BCUT2D eigenvalue weighted by Crippen LogP contribution is 2.69. The molecular weight excluding hydrogens is 333 g/mol. The van der Waals surface area contributed by atoms with E-state index in [1.807, 2.05) is 51.1 Å². The van der Waals surface area contributed by atoms with Gasteiger partial charge in [0.1, 0.15) is 16.8 Å². The first-order valence-corrected chi connectivity index (χ1v) is 10.6. The first kappa shape index (κ1) is 18.8. The minimum Gasteiger partial charge on any atom is -0.308 e. The van der Waals surface area contributed by atoms with Gasteiger partial charge in [0, 0.05) is 0 Å². The van der Waals surface area contributed by atoms with E-state index in [1.165, 1.54) is 0 Å². The minimum absolute atomic E-state index is 0.208. The third kappa shape index (κ3) is 3.94. The molecule has 1 unspecified atom stereocenters. The van der Waals surface area contributed by atoms with Gasteiger partial charge in [-0.2, -0.15) is 4.31 Å². The van der Waals surface area contributed by atoms with Crippen LogP contribution in [0.15, 0.2) is 30.3 Å². The zero-order valence-electron chi connectivity index (χ0n) is 14.4. The van der Waals surface area contributed by atoms with Crippen molar-refractivity contribution in [3.05, 3.63) is 35.9 Å². The van der Waals surface area contributed by atoms with Crippen LogP contribution in [0.2, 0.25) is 0 Å². The fraction of sp³-hybridized carbons (Fsp3) is 0.625. The monoisotopic (exact) mass is 359 g/mol. The van der Waals surface area contributed by atoms with Crippen LogP contribution in [0.25, 0.3) is 0 Å². The van der Waals surface area contributed by atoms with Crippen LogP contribution in [0.3, 0.4) is 0 Å². The molecule has 1 aliphatic rings. The number of hydrogen-bond donors (Lipinski definition) is 0. The SMILES string of the molecule is CCOP(=O)(OCC)[C@H]1[C@@H](c2ccccc2)N1[S@@](=O)C(C)(C)C. The first-order chi connectivity index (χ1) is 10.8. The molecule has 130 valence electrons. The van der Waals surface area contributed by atoms with Crippen molar-refractivity contribution in [2.24, 2.45) is 0 Å². The van der Waals surface area contributed by atoms with E-state index in [0.29, 0.717) is 13.2 Å². The van der Waals surface area contributed by atoms with Crippen molar-refractivity contribution in [2.45, 2.75) is 51.2 Å². The maximum absolute atomic E-state index is 13.2. The molecule has 0 saturated carbocycles. The van der Waals surface area contributed by atoms with Gasteiger partial charge in [-0.15, -0.1) is 0 Å². The summed E-state index contributed by atoms with van der Waals surface area (Å²) in [7, 11) is -4.64. The molecule has 5 nitrogen and oxygen atoms in total. The average Bonchev–Trinajstić information content (AvgIpc) is 3.23. The molecule has 1 saturated heterocycles. The summed E-state index contributed by atoms with van der Waals surface area (Å²) in [4.78, 5) is 0. The third-order valence-electron chi connectivity index (χ3n) is 3.53. The summed E-state index contributed by atoms with van der Waals surface area (Å²) in [5.74, 6) is -0.496. The second-order valence-electron chi connectivity index (χ2n) is 6.37. The number of rotatable bonds is 7. The van der Waals surface area contributed by atoms with Crippen molar-refractivity contribution < 1.29 is 17.8 Å². The van der Waals surface area contributed by atoms with Crippen LogP contribution >= 0.6 is 7.60 Å². The topological polar surface area (TPSA) is 55.6 Å². The Labute approximate surface area is 141 Å². The number of nitrogens with zero attached hydrogens (tertiary/aromatic N) is 1. The van der Waals surface area contributed by atoms with Crippen molar-refractivity contribution in [1.29, 1.82) is 0 Å². The van der Waals surface area contributed by atoms with Crippen LogP contribution in [0.1, 0.15) is 46.2 Å². The highest BCUT2D eigenvalue weighted by molar-refractivity contribution is 7.84. The molecule has 23 heavy (non-hydrogen) atoms. The number of hydrogen-bond acceptors (Lipinski definition) is 4. The van der Waals surface area contributed by atoms with Crippen LogP contribution in [0.5, 0.6) is 0 Å². The molecule has 1 aliphatic heterocycles. The van der Waals surface area contributed by atoms with Gasteiger partial charge in [0.05, 0.1) is 24.0 Å². The normalized spacial score (nSPS) is 26.0. The molecule has 7 heteroatoms. The summed E-state index contributed by atoms with van der Waals surface area (Å²) in [6.45, 7) is 9.90. The standard InChI is InChI=1S/C16H26NO4PS/c1-6-20-22(18,21-7-2)15-14(13-11-9-8-10-12-13)17(15)23(19)16(3,4)5/h8-12,14-15H,6-7H2,1-5H3/t14-,15+,17?,23+/m1/s1. The van der Waals surface area contributed by atoms with Gasteiger partial charge in [-0.1, -0.05) is 30.3 Å². The molecule has 1 heterocycles. The molecule has 0 radical (unpaired) electrons. The molecule has 1 aromatic rings. The zero-order chi connectivity index (χ0) is 17.3. The van der Waals surface area contributed by atoms with E-state index >= 15 is 0 Å². The predicted molar refractivity (Wildman–Crippen MR) is 93.6 cm³/mol. The smallest absolute Gasteiger partial charge is 0.308 e. The van der Waals surface area contributed by atoms with E-state index in [-0.39, 0.29) is 6.04 Å². The molecule has 1 aromatic carbocycles. The molecule has 4 atom stereocenters. The summed E-state index contributed by atoms with van der Waals surface area (Å²) >= 11 is 0. The van der Waals surface area contributed by atoms with Crippen LogP contribution in [-0.2, 0) is 24.6 Å². The summed E-state index contributed by atoms with van der Waals surface area (Å²) in [5, 5.41) is 0. The van der Waals surface area contributed by atoms with E-state index < -0.39 is 29.1 Å². The summed E-state index contributed by atoms with van der Waals surface area (Å²) in [5.41, 5.74) is 0.981. The highest BCUT2D eigenvalue weighted by Gasteiger charge is 2.64. The van der Waals surface area contributed by atoms with Gasteiger partial charge >= 0.3 is 7.60 Å². The Morgan fingerprint density at radius 1 is 1.13 bits per heavy atom. The lowest BCUT2D eigenvalue weighted by Crippen LogP contribution is -2.28. The largest absolute Gasteiger partial charge is 0.350 e. The maximum atomic E-state index is 13.2. The van der Waals surface area contributed by atoms with E-state index in [9.17, 15) is 8.77 Å². The third-order valence-corrected chi connectivity index (χ3v) is 7.98. The Morgan fingerprint density at radius 3 is 2.09 bits per heavy atom. The zero-order valence-corrected chi connectivity index (χ0v) is 16.1. The predicted octanol–water partition coefficient (Wildman–Crippen LogP) is 4.10. The highest BCUT2D eigenvalue weighted by atomic mass is 32.2. The number of benzene rings is 1. The molecule has 0 N–H and O–H groups in total. The minimum atomic E-state index is -3.35. The Balaban J connectivity index is 2.38. The fourth-order valence-electron chi connectivity index (χ4n) is 2.55. The van der Waals surface area contributed by atoms with Gasteiger partial charge in [0.15, 0.2) is 0 Å². The second kappa shape index (κ2) is 7.16. The van der Waals surface area contributed by atoms with E-state index in [1.54, 1.807) is 18.2 Å². The summed E-state index contributed by atoms with van der Waals surface area (Å²) in [6.07, 6.45) is 0. The van der Waals surface area contributed by atoms with Gasteiger partial charge < -0.3 is 9.05 Å². The lowest BCUT2D eigenvalue weighted by Gasteiger charge is -2.21. The van der Waals surface area contributed by atoms with E-state index in [2.05, 4.69) is 0 Å². The van der Waals surface area contributed by atoms with Crippen molar-refractivity contribution in [2.75, 3.05) is 13.2 Å². The lowest BCUT2D eigenvalue weighted by atomic mass is 10.2. The Morgan fingerprint density at radius 2 is 1.65 bits per heavy atom. The molecule has 2 rings (SSSR count). The molecule has 0 amide bonds. The molecule has 0 aliphatic carbocycles. The van der Waals surface area contributed by atoms with Crippen molar-refractivity contribution in [3.63, 3.8) is 0 Å². The fourth-order valence-corrected chi connectivity index (χ4v) is 6.68. The van der Waals surface area contributed by atoms with Gasteiger partial charge in [0.2, 0.25) is 0 Å². The van der Waals surface area contributed by atoms with Gasteiger partial charge in [-0.05, 0) is 40.2 Å². The summed E-state index contributed by atoms with van der Waals surface area (Å²) in [6, 6.07) is 9.49. The molecule has 1 fully saturated rings. The Bertz CT molecular complexity index is 592. The first-order valence-electron chi connectivity index (χ1n) is 7.90. The van der Waals surface area contributed by atoms with Crippen LogP contribution in [0.4, 0.5) is 0 Å². The van der Waals surface area contributed by atoms with Gasteiger partial charge in [-0.25, -0.2) is 4.21 Å². The quantitative estimate of drug-likeness (QED) is 0.543. The molecular formula is C16H26NO4PS. The van der Waals surface area contributed by atoms with Crippen LogP contribution in [-0.4, -0.2) is 32.3 Å². The Kier molecular flexibility index (Phi) is 5.85. The van der Waals surface area contributed by atoms with Crippen molar-refractivity contribution in [3.8, 4) is 0 Å². The lowest BCUT2D eigenvalue weighted by molar-refractivity contribution is 0.216.